The van der Waals surface area contributed by atoms with E-state index in [2.05, 4.69) is 0 Å². The van der Waals surface area contributed by atoms with Crippen molar-refractivity contribution in [1.29, 1.82) is 0 Å². The van der Waals surface area contributed by atoms with E-state index < -0.39 is 40.3 Å². The van der Waals surface area contributed by atoms with Gasteiger partial charge >= 0.3 is 18.3 Å². The van der Waals surface area contributed by atoms with Gasteiger partial charge in [0.1, 0.15) is 0 Å². The van der Waals surface area contributed by atoms with Crippen LogP contribution in [-0.2, 0) is 10.5 Å². The lowest BCUT2D eigenvalue weighted by atomic mass is 10.0. The number of para-hydroxylation sites is 2. The smallest absolute Gasteiger partial charge is 0.358 e. The fourth-order valence-corrected chi connectivity index (χ4v) is 2.68. The molecular formula is C14H8F6N2O2. The van der Waals surface area contributed by atoms with Gasteiger partial charge in [0.25, 0.3) is 5.72 Å². The van der Waals surface area contributed by atoms with Crippen molar-refractivity contribution in [2.75, 3.05) is 4.90 Å². The Balaban J connectivity index is 2.38. The van der Waals surface area contributed by atoms with Crippen molar-refractivity contribution < 1.29 is 36.2 Å². The van der Waals surface area contributed by atoms with Crippen molar-refractivity contribution >= 4 is 11.6 Å². The Morgan fingerprint density at radius 2 is 1.54 bits per heavy atom. The Bertz CT molecular complexity index is 810. The fraction of sp³-hybridized carbons (Fsp3) is 0.214. The summed E-state index contributed by atoms with van der Waals surface area (Å²) >= 11 is 0. The molecule has 2 heterocycles. The lowest BCUT2D eigenvalue weighted by Crippen LogP contribution is -2.63. The van der Waals surface area contributed by atoms with Crippen LogP contribution in [0.25, 0.3) is 5.69 Å². The van der Waals surface area contributed by atoms with E-state index >= 15 is 0 Å². The Morgan fingerprint density at radius 1 is 0.958 bits per heavy atom. The molecule has 0 saturated carbocycles. The largest absolute Gasteiger partial charge is 0.471 e. The van der Waals surface area contributed by atoms with Crippen LogP contribution in [0.2, 0.25) is 0 Å². The van der Waals surface area contributed by atoms with Crippen LogP contribution in [0.15, 0.2) is 42.6 Å². The van der Waals surface area contributed by atoms with Gasteiger partial charge in [-0.1, -0.05) is 12.1 Å². The first-order chi connectivity index (χ1) is 11.0. The van der Waals surface area contributed by atoms with Crippen LogP contribution in [0.5, 0.6) is 0 Å². The molecule has 128 valence electrons. The van der Waals surface area contributed by atoms with E-state index in [1.54, 1.807) is 0 Å². The number of alkyl halides is 6. The van der Waals surface area contributed by atoms with Crippen LogP contribution in [0.3, 0.4) is 0 Å². The Kier molecular flexibility index (Phi) is 3.24. The molecule has 0 bridgehead atoms. The summed E-state index contributed by atoms with van der Waals surface area (Å²) in [4.78, 5) is 11.1. The molecule has 24 heavy (non-hydrogen) atoms. The number of amides is 1. The third-order valence-electron chi connectivity index (χ3n) is 3.65. The zero-order valence-electron chi connectivity index (χ0n) is 11.6. The molecule has 10 heteroatoms. The van der Waals surface area contributed by atoms with Crippen LogP contribution in [0, 0.1) is 0 Å². The van der Waals surface area contributed by atoms with Crippen LogP contribution in [-0.4, -0.2) is 27.9 Å². The molecule has 0 saturated heterocycles. The van der Waals surface area contributed by atoms with Gasteiger partial charge in [-0.15, -0.1) is 0 Å². The number of halogens is 6. The average molecular weight is 350 g/mol. The molecule has 1 aliphatic heterocycles. The number of aliphatic hydroxyl groups is 1. The van der Waals surface area contributed by atoms with Crippen molar-refractivity contribution in [1.82, 2.24) is 4.57 Å². The van der Waals surface area contributed by atoms with Gasteiger partial charge in [-0.25, -0.2) is 0 Å². The van der Waals surface area contributed by atoms with Gasteiger partial charge in [-0.05, 0) is 24.3 Å². The Hall–Kier alpha value is -2.49. The van der Waals surface area contributed by atoms with E-state index in [1.165, 1.54) is 18.2 Å². The van der Waals surface area contributed by atoms with Gasteiger partial charge in [-0.3, -0.25) is 9.69 Å². The van der Waals surface area contributed by atoms with E-state index in [0.717, 1.165) is 29.0 Å². The standard InChI is InChI=1S/C14H8F6N2O2/c15-13(16,17)11(23)22-9-5-2-1-4-8(9)21-7-3-6-10(21)12(22,24)14(18,19)20/h1-7,24H/t12-/m0/s1. The number of fused-ring (bicyclic) bond motifs is 3. The highest BCUT2D eigenvalue weighted by atomic mass is 19.4. The van der Waals surface area contributed by atoms with Gasteiger partial charge in [0, 0.05) is 6.20 Å². The molecule has 0 unspecified atom stereocenters. The van der Waals surface area contributed by atoms with Crippen molar-refractivity contribution in [3.05, 3.63) is 48.3 Å². The second-order valence-corrected chi connectivity index (χ2v) is 5.06. The number of anilines is 1. The molecule has 1 atom stereocenters. The van der Waals surface area contributed by atoms with Crippen LogP contribution < -0.4 is 4.90 Å². The summed E-state index contributed by atoms with van der Waals surface area (Å²) in [5.74, 6) is -2.82. The van der Waals surface area contributed by atoms with Crippen molar-refractivity contribution in [2.45, 2.75) is 18.1 Å². The second-order valence-electron chi connectivity index (χ2n) is 5.06. The van der Waals surface area contributed by atoms with Gasteiger partial charge in [0.15, 0.2) is 0 Å². The molecule has 1 N–H and O–H groups in total. The second kappa shape index (κ2) is 4.76. The van der Waals surface area contributed by atoms with Crippen molar-refractivity contribution in [2.24, 2.45) is 0 Å². The minimum Gasteiger partial charge on any atom is -0.358 e. The first kappa shape index (κ1) is 16.4. The lowest BCUT2D eigenvalue weighted by Gasteiger charge is -2.44. The summed E-state index contributed by atoms with van der Waals surface area (Å²) in [6, 6.07) is 6.63. The van der Waals surface area contributed by atoms with E-state index in [-0.39, 0.29) is 5.69 Å². The molecular weight excluding hydrogens is 342 g/mol. The number of aromatic nitrogens is 1. The summed E-state index contributed by atoms with van der Waals surface area (Å²) in [6.07, 6.45) is -10.0. The number of carbonyl (C=O) groups excluding carboxylic acids is 1. The number of hydrogen-bond donors (Lipinski definition) is 1. The van der Waals surface area contributed by atoms with Gasteiger partial charge in [0.05, 0.1) is 17.1 Å². The quantitative estimate of drug-likeness (QED) is 0.742. The van der Waals surface area contributed by atoms with Crippen LogP contribution in [0.1, 0.15) is 5.69 Å². The molecule has 4 nitrogen and oxygen atoms in total. The molecule has 0 spiro atoms. The molecule has 0 fully saturated rings. The molecule has 1 aromatic heterocycles. The van der Waals surface area contributed by atoms with E-state index in [1.807, 2.05) is 0 Å². The zero-order chi connectivity index (χ0) is 17.9. The van der Waals surface area contributed by atoms with E-state index in [4.69, 9.17) is 0 Å². The Morgan fingerprint density at radius 3 is 2.08 bits per heavy atom. The van der Waals surface area contributed by atoms with E-state index in [0.29, 0.717) is 0 Å². The summed E-state index contributed by atoms with van der Waals surface area (Å²) in [5.41, 5.74) is -5.86. The number of nitrogens with zero attached hydrogens (tertiary/aromatic N) is 2. The molecule has 1 aliphatic rings. The monoisotopic (exact) mass is 350 g/mol. The SMILES string of the molecule is O=C(N1c2ccccc2-n2cccc2[C@]1(O)C(F)(F)F)C(F)(F)F. The van der Waals surface area contributed by atoms with E-state index in [9.17, 15) is 36.2 Å². The average Bonchev–Trinajstić information content (AvgIpc) is 2.95. The molecule has 1 amide bonds. The molecule has 0 radical (unpaired) electrons. The predicted molar refractivity (Wildman–Crippen MR) is 69.3 cm³/mol. The van der Waals surface area contributed by atoms with Crippen LogP contribution in [0.4, 0.5) is 32.0 Å². The molecule has 3 rings (SSSR count). The topological polar surface area (TPSA) is 45.5 Å². The van der Waals surface area contributed by atoms with Crippen molar-refractivity contribution in [3.8, 4) is 5.69 Å². The third-order valence-corrected chi connectivity index (χ3v) is 3.65. The third kappa shape index (κ3) is 2.02. The first-order valence-electron chi connectivity index (χ1n) is 6.47. The number of hydrogen-bond acceptors (Lipinski definition) is 2. The molecule has 2 aromatic rings. The normalized spacial score (nSPS) is 20.5. The maximum Gasteiger partial charge on any atom is 0.471 e. The lowest BCUT2D eigenvalue weighted by molar-refractivity contribution is -0.271. The number of benzene rings is 1. The highest BCUT2D eigenvalue weighted by molar-refractivity contribution is 6.01. The zero-order valence-corrected chi connectivity index (χ0v) is 11.6. The Labute approximate surface area is 130 Å². The minimum atomic E-state index is -5.61. The number of rotatable bonds is 0. The summed E-state index contributed by atoms with van der Waals surface area (Å²) in [7, 11) is 0. The van der Waals surface area contributed by atoms with Crippen molar-refractivity contribution in [3.63, 3.8) is 0 Å². The van der Waals surface area contributed by atoms with Gasteiger partial charge in [-0.2, -0.15) is 26.3 Å². The highest BCUT2D eigenvalue weighted by Crippen LogP contribution is 2.50. The maximum atomic E-state index is 13.5. The highest BCUT2D eigenvalue weighted by Gasteiger charge is 2.67. The molecule has 0 aliphatic carbocycles. The number of carbonyl (C=O) groups is 1. The first-order valence-corrected chi connectivity index (χ1v) is 6.47. The fourth-order valence-electron chi connectivity index (χ4n) is 2.68. The maximum absolute atomic E-state index is 13.5. The summed E-state index contributed by atoms with van der Waals surface area (Å²) < 4.78 is 80.2. The van der Waals surface area contributed by atoms with Crippen LogP contribution >= 0.6 is 0 Å². The summed E-state index contributed by atoms with van der Waals surface area (Å²) in [5, 5.41) is 10.2. The molecule has 1 aromatic carbocycles. The van der Waals surface area contributed by atoms with Gasteiger partial charge < -0.3 is 9.67 Å². The van der Waals surface area contributed by atoms with Gasteiger partial charge in [0.2, 0.25) is 0 Å². The predicted octanol–water partition coefficient (Wildman–Crippen LogP) is 3.09. The minimum absolute atomic E-state index is 0.0935. The summed E-state index contributed by atoms with van der Waals surface area (Å²) in [6.45, 7) is 0.